The van der Waals surface area contributed by atoms with E-state index in [-0.39, 0.29) is 18.8 Å². The molecule has 0 aliphatic carbocycles. The second-order valence-electron chi connectivity index (χ2n) is 3.16. The monoisotopic (exact) mass is 226 g/mol. The van der Waals surface area contributed by atoms with Crippen LogP contribution < -0.4 is 0 Å². The highest BCUT2D eigenvalue weighted by Gasteiger charge is 2.36. The van der Waals surface area contributed by atoms with Crippen LogP contribution in [0.4, 0.5) is 0 Å². The third kappa shape index (κ3) is 3.03. The number of allylic oxidation sites excluding steroid dienone is 2. The number of carbonyl (C=O) groups is 1. The number of hydrogen-bond donors (Lipinski definition) is 3. The molecule has 0 unspecified atom stereocenters. The third-order valence-corrected chi connectivity index (χ3v) is 2.06. The van der Waals surface area contributed by atoms with E-state index in [1.165, 1.54) is 30.4 Å². The van der Waals surface area contributed by atoms with E-state index < -0.39 is 18.2 Å². The van der Waals surface area contributed by atoms with Crippen molar-refractivity contribution >= 4 is 5.97 Å². The van der Waals surface area contributed by atoms with E-state index in [0.717, 1.165) is 0 Å². The molecule has 0 bridgehead atoms. The first-order valence-electron chi connectivity index (χ1n) is 4.85. The Kier molecular flexibility index (Phi) is 4.91. The first-order valence-corrected chi connectivity index (χ1v) is 4.85. The number of ether oxygens (including phenoxy) is 1. The molecule has 0 spiro atoms. The van der Waals surface area contributed by atoms with E-state index >= 15 is 0 Å². The van der Waals surface area contributed by atoms with Gasteiger partial charge in [-0.1, -0.05) is 18.2 Å². The van der Waals surface area contributed by atoms with Crippen LogP contribution >= 0.6 is 0 Å². The summed E-state index contributed by atoms with van der Waals surface area (Å²) in [6.07, 6.45) is 5.33. The lowest BCUT2D eigenvalue weighted by atomic mass is 10.1. The van der Waals surface area contributed by atoms with Gasteiger partial charge in [0.15, 0.2) is 6.10 Å². The smallest absolute Gasteiger partial charge is 0.337 e. The molecule has 0 aromatic rings. The largest absolute Gasteiger partial charge is 0.452 e. The number of rotatable bonds is 4. The summed E-state index contributed by atoms with van der Waals surface area (Å²) in [5, 5.41) is 26.8. The molecule has 2 atom stereocenters. The highest BCUT2D eigenvalue weighted by atomic mass is 16.6. The van der Waals surface area contributed by atoms with Gasteiger partial charge in [-0.25, -0.2) is 4.79 Å². The van der Waals surface area contributed by atoms with Crippen molar-refractivity contribution in [3.8, 4) is 0 Å². The number of aliphatic hydroxyl groups is 3. The highest BCUT2D eigenvalue weighted by Crippen LogP contribution is 2.22. The van der Waals surface area contributed by atoms with Gasteiger partial charge in [-0.2, -0.15) is 0 Å². The lowest BCUT2D eigenvalue weighted by molar-refractivity contribution is -0.137. The van der Waals surface area contributed by atoms with Gasteiger partial charge in [0.25, 0.3) is 0 Å². The van der Waals surface area contributed by atoms with Crippen LogP contribution in [0.2, 0.25) is 0 Å². The van der Waals surface area contributed by atoms with Crippen LogP contribution in [0.3, 0.4) is 0 Å². The summed E-state index contributed by atoms with van der Waals surface area (Å²) in [7, 11) is 0. The maximum Gasteiger partial charge on any atom is 0.337 e. The van der Waals surface area contributed by atoms with Gasteiger partial charge >= 0.3 is 5.97 Å². The first kappa shape index (κ1) is 12.6. The first-order chi connectivity index (χ1) is 7.70. The Morgan fingerprint density at radius 2 is 1.94 bits per heavy atom. The minimum Gasteiger partial charge on any atom is -0.452 e. The average Bonchev–Trinajstić information content (AvgIpc) is 2.54. The summed E-state index contributed by atoms with van der Waals surface area (Å²) >= 11 is 0. The van der Waals surface area contributed by atoms with E-state index in [2.05, 4.69) is 0 Å². The molecule has 88 valence electrons. The van der Waals surface area contributed by atoms with Gasteiger partial charge in [-0.05, 0) is 12.2 Å². The molecular weight excluding hydrogens is 212 g/mol. The van der Waals surface area contributed by atoms with Crippen molar-refractivity contribution in [3.63, 3.8) is 0 Å². The molecule has 16 heavy (non-hydrogen) atoms. The Morgan fingerprint density at radius 1 is 1.25 bits per heavy atom. The number of esters is 1. The topological polar surface area (TPSA) is 87.0 Å². The molecule has 0 aromatic carbocycles. The number of carbonyl (C=O) groups excluding carboxylic acids is 1. The van der Waals surface area contributed by atoms with Gasteiger partial charge in [-0.3, -0.25) is 0 Å². The Balaban J connectivity index is 2.74. The van der Waals surface area contributed by atoms with E-state index in [0.29, 0.717) is 0 Å². The number of hydrogen-bond acceptors (Lipinski definition) is 5. The number of cyclic esters (lactones) is 1. The second-order valence-corrected chi connectivity index (χ2v) is 3.16. The molecule has 1 fully saturated rings. The zero-order chi connectivity index (χ0) is 12.0. The maximum atomic E-state index is 11.3. The SMILES string of the molecule is O=C1O[C@H](/C=C/CO)[C@@H](O)/C1=C\C=C\CO. The summed E-state index contributed by atoms with van der Waals surface area (Å²) < 4.78 is 4.87. The molecule has 0 aromatic heterocycles. The fraction of sp³-hybridized carbons (Fsp3) is 0.364. The normalized spacial score (nSPS) is 28.4. The molecule has 1 heterocycles. The average molecular weight is 226 g/mol. The summed E-state index contributed by atoms with van der Waals surface area (Å²) in [6.45, 7) is -0.313. The minimum atomic E-state index is -1.04. The highest BCUT2D eigenvalue weighted by molar-refractivity contribution is 5.92. The zero-order valence-electron chi connectivity index (χ0n) is 8.61. The zero-order valence-corrected chi connectivity index (χ0v) is 8.61. The van der Waals surface area contributed by atoms with E-state index in [4.69, 9.17) is 14.9 Å². The van der Waals surface area contributed by atoms with Gasteiger partial charge in [0.2, 0.25) is 0 Å². The summed E-state index contributed by atoms with van der Waals surface area (Å²) in [4.78, 5) is 11.3. The van der Waals surface area contributed by atoms with Crippen LogP contribution in [-0.4, -0.2) is 46.7 Å². The Labute approximate surface area is 93.0 Å². The summed E-state index contributed by atoms with van der Waals surface area (Å²) in [5.74, 6) is -0.595. The molecule has 1 aliphatic heterocycles. The third-order valence-electron chi connectivity index (χ3n) is 2.06. The predicted octanol–water partition coefficient (Wildman–Crippen LogP) is -0.704. The standard InChI is InChI=1S/C11H14O5/c12-6-2-1-4-8-10(14)9(5-3-7-13)16-11(8)15/h1-5,9-10,12-14H,6-7H2/b2-1+,5-3+,8-4+/t9-,10+/m1/s1. The van der Waals surface area contributed by atoms with Crippen molar-refractivity contribution in [3.05, 3.63) is 36.0 Å². The predicted molar refractivity (Wildman–Crippen MR) is 56.4 cm³/mol. The van der Waals surface area contributed by atoms with Crippen LogP contribution in [0.25, 0.3) is 0 Å². The van der Waals surface area contributed by atoms with Crippen molar-refractivity contribution < 1.29 is 24.9 Å². The van der Waals surface area contributed by atoms with Crippen LogP contribution in [0.1, 0.15) is 0 Å². The van der Waals surface area contributed by atoms with Gasteiger partial charge in [-0.15, -0.1) is 0 Å². The van der Waals surface area contributed by atoms with E-state index in [9.17, 15) is 9.90 Å². The molecule has 0 saturated carbocycles. The minimum absolute atomic E-state index is 0.136. The lowest BCUT2D eigenvalue weighted by Gasteiger charge is -2.06. The molecule has 1 saturated heterocycles. The quantitative estimate of drug-likeness (QED) is 0.335. The Bertz CT molecular complexity index is 329. The molecule has 1 aliphatic rings. The van der Waals surface area contributed by atoms with Gasteiger partial charge in [0, 0.05) is 0 Å². The van der Waals surface area contributed by atoms with Crippen molar-refractivity contribution in [2.24, 2.45) is 0 Å². The van der Waals surface area contributed by atoms with E-state index in [1.54, 1.807) is 0 Å². The van der Waals surface area contributed by atoms with Gasteiger partial charge in [0.1, 0.15) is 6.10 Å². The van der Waals surface area contributed by atoms with Gasteiger partial charge in [0.05, 0.1) is 18.8 Å². The summed E-state index contributed by atoms with van der Waals surface area (Å²) in [5.41, 5.74) is 0.136. The fourth-order valence-electron chi connectivity index (χ4n) is 1.29. The van der Waals surface area contributed by atoms with Crippen molar-refractivity contribution in [1.29, 1.82) is 0 Å². The van der Waals surface area contributed by atoms with Crippen molar-refractivity contribution in [1.82, 2.24) is 0 Å². The molecule has 5 heteroatoms. The summed E-state index contributed by atoms with van der Waals surface area (Å²) in [6, 6.07) is 0. The Hall–Kier alpha value is -1.43. The van der Waals surface area contributed by atoms with Crippen LogP contribution in [0, 0.1) is 0 Å². The lowest BCUT2D eigenvalue weighted by Crippen LogP contribution is -2.19. The van der Waals surface area contributed by atoms with Crippen LogP contribution in [0.5, 0.6) is 0 Å². The molecule has 5 nitrogen and oxygen atoms in total. The fourth-order valence-corrected chi connectivity index (χ4v) is 1.29. The van der Waals surface area contributed by atoms with Crippen molar-refractivity contribution in [2.75, 3.05) is 13.2 Å². The van der Waals surface area contributed by atoms with E-state index in [1.807, 2.05) is 0 Å². The maximum absolute atomic E-state index is 11.3. The molecule has 0 amide bonds. The second kappa shape index (κ2) is 6.22. The number of aliphatic hydroxyl groups excluding tert-OH is 3. The van der Waals surface area contributed by atoms with Crippen LogP contribution in [-0.2, 0) is 9.53 Å². The molecule has 1 rings (SSSR count). The molecular formula is C11H14O5. The Morgan fingerprint density at radius 3 is 2.56 bits per heavy atom. The van der Waals surface area contributed by atoms with Crippen LogP contribution in [0.15, 0.2) is 36.0 Å². The van der Waals surface area contributed by atoms with Crippen molar-refractivity contribution in [2.45, 2.75) is 12.2 Å². The van der Waals surface area contributed by atoms with Gasteiger partial charge < -0.3 is 20.1 Å². The molecule has 3 N–H and O–H groups in total. The molecule has 0 radical (unpaired) electrons.